The van der Waals surface area contributed by atoms with Gasteiger partial charge < -0.3 is 10.6 Å². The standard InChI is InChI=1S/C15H23N3O2/c1-11(2)14(19)18-13(15(20)16-3)8-4-6-12-7-5-9-17-10-12/h5,7,9-11,13H,4,6,8H2,1-3H3,(H,16,20)(H,18,19). The third kappa shape index (κ3) is 5.38. The zero-order valence-corrected chi connectivity index (χ0v) is 12.3. The van der Waals surface area contributed by atoms with Gasteiger partial charge in [-0.25, -0.2) is 0 Å². The Labute approximate surface area is 120 Å². The van der Waals surface area contributed by atoms with Crippen LogP contribution in [0, 0.1) is 5.92 Å². The Morgan fingerprint density at radius 3 is 2.60 bits per heavy atom. The lowest BCUT2D eigenvalue weighted by molar-refractivity contribution is -0.130. The van der Waals surface area contributed by atoms with Crippen molar-refractivity contribution in [3.8, 4) is 0 Å². The van der Waals surface area contributed by atoms with Crippen molar-refractivity contribution in [2.45, 2.75) is 39.2 Å². The minimum Gasteiger partial charge on any atom is -0.357 e. The summed E-state index contributed by atoms with van der Waals surface area (Å²) in [5, 5.41) is 5.38. The molecule has 1 rings (SSSR count). The van der Waals surface area contributed by atoms with Crippen LogP contribution in [0.3, 0.4) is 0 Å². The summed E-state index contributed by atoms with van der Waals surface area (Å²) < 4.78 is 0. The number of carbonyl (C=O) groups is 2. The van der Waals surface area contributed by atoms with E-state index in [1.165, 1.54) is 0 Å². The summed E-state index contributed by atoms with van der Waals surface area (Å²) in [6.07, 6.45) is 5.84. The quantitative estimate of drug-likeness (QED) is 0.789. The molecule has 0 bridgehead atoms. The molecular weight excluding hydrogens is 254 g/mol. The Morgan fingerprint density at radius 1 is 1.30 bits per heavy atom. The molecule has 0 saturated heterocycles. The molecule has 20 heavy (non-hydrogen) atoms. The van der Waals surface area contributed by atoms with Gasteiger partial charge in [-0.3, -0.25) is 14.6 Å². The van der Waals surface area contributed by atoms with Crippen molar-refractivity contribution >= 4 is 11.8 Å². The predicted octanol–water partition coefficient (Wildman–Crippen LogP) is 1.29. The Kier molecular flexibility index (Phi) is 6.70. The van der Waals surface area contributed by atoms with Gasteiger partial charge in [0, 0.05) is 25.4 Å². The first-order chi connectivity index (χ1) is 9.54. The minimum absolute atomic E-state index is 0.0972. The largest absolute Gasteiger partial charge is 0.357 e. The molecular formula is C15H23N3O2. The highest BCUT2D eigenvalue weighted by Crippen LogP contribution is 2.06. The van der Waals surface area contributed by atoms with Gasteiger partial charge in [-0.15, -0.1) is 0 Å². The lowest BCUT2D eigenvalue weighted by Gasteiger charge is -2.18. The van der Waals surface area contributed by atoms with Crippen LogP contribution < -0.4 is 10.6 Å². The number of aromatic nitrogens is 1. The zero-order valence-electron chi connectivity index (χ0n) is 12.3. The molecule has 1 atom stereocenters. The fourth-order valence-electron chi connectivity index (χ4n) is 1.84. The highest BCUT2D eigenvalue weighted by molar-refractivity contribution is 5.88. The van der Waals surface area contributed by atoms with Gasteiger partial charge in [-0.1, -0.05) is 19.9 Å². The monoisotopic (exact) mass is 277 g/mol. The van der Waals surface area contributed by atoms with Crippen LogP contribution in [0.5, 0.6) is 0 Å². The molecule has 1 unspecified atom stereocenters. The number of rotatable bonds is 7. The van der Waals surface area contributed by atoms with Gasteiger partial charge >= 0.3 is 0 Å². The van der Waals surface area contributed by atoms with E-state index in [9.17, 15) is 9.59 Å². The van der Waals surface area contributed by atoms with Crippen molar-refractivity contribution in [1.82, 2.24) is 15.6 Å². The van der Waals surface area contributed by atoms with Gasteiger partial charge in [-0.2, -0.15) is 0 Å². The number of hydrogen-bond donors (Lipinski definition) is 2. The molecule has 0 aliphatic rings. The Bertz CT molecular complexity index is 432. The number of likely N-dealkylation sites (N-methyl/N-ethyl adjacent to an activating group) is 1. The van der Waals surface area contributed by atoms with Crippen LogP contribution in [0.4, 0.5) is 0 Å². The number of pyridine rings is 1. The maximum Gasteiger partial charge on any atom is 0.242 e. The summed E-state index contributed by atoms with van der Waals surface area (Å²) >= 11 is 0. The number of aryl methyl sites for hydroxylation is 1. The van der Waals surface area contributed by atoms with Crippen molar-refractivity contribution in [2.24, 2.45) is 5.92 Å². The molecule has 0 saturated carbocycles. The molecule has 1 aromatic rings. The molecule has 110 valence electrons. The van der Waals surface area contributed by atoms with Crippen LogP contribution in [0.1, 0.15) is 32.3 Å². The molecule has 0 aliphatic carbocycles. The molecule has 0 aliphatic heterocycles. The molecule has 2 amide bonds. The van der Waals surface area contributed by atoms with E-state index in [4.69, 9.17) is 0 Å². The van der Waals surface area contributed by atoms with Crippen LogP contribution >= 0.6 is 0 Å². The van der Waals surface area contributed by atoms with E-state index in [0.29, 0.717) is 6.42 Å². The highest BCUT2D eigenvalue weighted by Gasteiger charge is 2.20. The topological polar surface area (TPSA) is 71.1 Å². The van der Waals surface area contributed by atoms with Gasteiger partial charge in [0.05, 0.1) is 0 Å². The van der Waals surface area contributed by atoms with Gasteiger partial charge in [0.1, 0.15) is 6.04 Å². The van der Waals surface area contributed by atoms with Crippen molar-refractivity contribution in [1.29, 1.82) is 0 Å². The molecule has 1 aromatic heterocycles. The smallest absolute Gasteiger partial charge is 0.242 e. The SMILES string of the molecule is CNC(=O)C(CCCc1cccnc1)NC(=O)C(C)C. The summed E-state index contributed by atoms with van der Waals surface area (Å²) in [5.74, 6) is -0.370. The number of hydrogen-bond acceptors (Lipinski definition) is 3. The first kappa shape index (κ1) is 16.1. The van der Waals surface area contributed by atoms with Crippen molar-refractivity contribution in [3.05, 3.63) is 30.1 Å². The number of nitrogens with one attached hydrogen (secondary N) is 2. The Morgan fingerprint density at radius 2 is 2.05 bits per heavy atom. The fraction of sp³-hybridized carbons (Fsp3) is 0.533. The number of carbonyl (C=O) groups excluding carboxylic acids is 2. The van der Waals surface area contributed by atoms with Gasteiger partial charge in [0.15, 0.2) is 0 Å². The summed E-state index contributed by atoms with van der Waals surface area (Å²) in [7, 11) is 1.58. The van der Waals surface area contributed by atoms with E-state index in [-0.39, 0.29) is 17.7 Å². The van der Waals surface area contributed by atoms with Gasteiger partial charge in [0.25, 0.3) is 0 Å². The lowest BCUT2D eigenvalue weighted by atomic mass is 10.0. The second kappa shape index (κ2) is 8.30. The third-order valence-electron chi connectivity index (χ3n) is 3.08. The lowest BCUT2D eigenvalue weighted by Crippen LogP contribution is -2.47. The highest BCUT2D eigenvalue weighted by atomic mass is 16.2. The molecule has 0 aromatic carbocycles. The van der Waals surface area contributed by atoms with Gasteiger partial charge in [-0.05, 0) is 30.9 Å². The summed E-state index contributed by atoms with van der Waals surface area (Å²) in [6, 6.07) is 3.44. The van der Waals surface area contributed by atoms with E-state index >= 15 is 0 Å². The van der Waals surface area contributed by atoms with E-state index < -0.39 is 6.04 Å². The summed E-state index contributed by atoms with van der Waals surface area (Å²) in [5.41, 5.74) is 1.14. The van der Waals surface area contributed by atoms with E-state index in [0.717, 1.165) is 18.4 Å². The number of amides is 2. The van der Waals surface area contributed by atoms with E-state index in [1.54, 1.807) is 13.2 Å². The maximum absolute atomic E-state index is 11.8. The summed E-state index contributed by atoms with van der Waals surface area (Å²) in [4.78, 5) is 27.5. The van der Waals surface area contributed by atoms with Crippen molar-refractivity contribution < 1.29 is 9.59 Å². The second-order valence-electron chi connectivity index (χ2n) is 5.08. The average Bonchev–Trinajstić information content (AvgIpc) is 2.46. The molecule has 0 radical (unpaired) electrons. The zero-order chi connectivity index (χ0) is 15.0. The Balaban J connectivity index is 2.48. The second-order valence-corrected chi connectivity index (χ2v) is 5.08. The minimum atomic E-state index is -0.466. The first-order valence-electron chi connectivity index (χ1n) is 6.95. The van der Waals surface area contributed by atoms with Crippen LogP contribution in [0.2, 0.25) is 0 Å². The summed E-state index contributed by atoms with van der Waals surface area (Å²) in [6.45, 7) is 3.62. The van der Waals surface area contributed by atoms with Crippen LogP contribution in [0.25, 0.3) is 0 Å². The fourth-order valence-corrected chi connectivity index (χ4v) is 1.84. The molecule has 1 heterocycles. The maximum atomic E-state index is 11.8. The molecule has 5 nitrogen and oxygen atoms in total. The Hall–Kier alpha value is -1.91. The number of nitrogens with zero attached hydrogens (tertiary/aromatic N) is 1. The van der Waals surface area contributed by atoms with Crippen LogP contribution in [-0.2, 0) is 16.0 Å². The van der Waals surface area contributed by atoms with E-state index in [1.807, 2.05) is 32.2 Å². The molecule has 0 fully saturated rings. The van der Waals surface area contributed by atoms with E-state index in [2.05, 4.69) is 15.6 Å². The van der Waals surface area contributed by atoms with Crippen LogP contribution in [0.15, 0.2) is 24.5 Å². The average molecular weight is 277 g/mol. The third-order valence-corrected chi connectivity index (χ3v) is 3.08. The van der Waals surface area contributed by atoms with Crippen molar-refractivity contribution in [3.63, 3.8) is 0 Å². The molecule has 0 spiro atoms. The van der Waals surface area contributed by atoms with Gasteiger partial charge in [0.2, 0.25) is 11.8 Å². The molecule has 5 heteroatoms. The first-order valence-corrected chi connectivity index (χ1v) is 6.95. The normalized spacial score (nSPS) is 12.0. The van der Waals surface area contributed by atoms with Crippen molar-refractivity contribution in [2.75, 3.05) is 7.05 Å². The predicted molar refractivity (Wildman–Crippen MR) is 78.0 cm³/mol. The van der Waals surface area contributed by atoms with Crippen LogP contribution in [-0.4, -0.2) is 29.9 Å². The molecule has 2 N–H and O–H groups in total.